The van der Waals surface area contributed by atoms with E-state index in [4.69, 9.17) is 8.09 Å². The molecule has 0 amide bonds. The molecule has 0 spiro atoms. The summed E-state index contributed by atoms with van der Waals surface area (Å²) in [5.41, 5.74) is 0. The Balaban J connectivity index is 5.60. The molecular weight excluding hydrogens is 604 g/mol. The molecule has 0 unspecified atom stereocenters. The molecule has 0 aromatic heterocycles. The van der Waals surface area contributed by atoms with Crippen molar-refractivity contribution in [2.75, 3.05) is 30.4 Å². The summed E-state index contributed by atoms with van der Waals surface area (Å²) in [5.74, 6) is 0.157. The number of rotatable bonds is 31. The summed E-state index contributed by atoms with van der Waals surface area (Å²) in [7, 11) is -7.22. The average molecular weight is 683 g/mol. The Morgan fingerprint density at radius 1 is 0.465 bits per heavy atom. The van der Waals surface area contributed by atoms with Crippen LogP contribution in [0.15, 0.2) is 0 Å². The van der Waals surface area contributed by atoms with Gasteiger partial charge >= 0.3 is 275 Å². The van der Waals surface area contributed by atoms with Gasteiger partial charge in [0, 0.05) is 0 Å². The quantitative estimate of drug-likeness (QED) is 0.0415. The molecule has 0 rings (SSSR count). The molecule has 4 nitrogen and oxygen atoms in total. The molecule has 0 bridgehead atoms. The first kappa shape index (κ1) is 43.7. The molecule has 0 aromatic carbocycles. The molecule has 0 fully saturated rings. The Morgan fingerprint density at radius 2 is 0.814 bits per heavy atom. The van der Waals surface area contributed by atoms with Gasteiger partial charge in [-0.25, -0.2) is 0 Å². The van der Waals surface area contributed by atoms with Crippen LogP contribution in [0.2, 0.25) is 38.3 Å². The minimum atomic E-state index is -3.60. The Bertz CT molecular complexity index is 764. The molecule has 0 aliphatic carbocycles. The van der Waals surface area contributed by atoms with Crippen molar-refractivity contribution in [2.45, 2.75) is 195 Å². The minimum absolute atomic E-state index is 0.157. The summed E-state index contributed by atoms with van der Waals surface area (Å²) >= 11 is 0. The summed E-state index contributed by atoms with van der Waals surface area (Å²) in [6, 6.07) is 2.09. The van der Waals surface area contributed by atoms with Crippen LogP contribution >= 0.6 is 6.83 Å². The molecule has 0 saturated carbocycles. The van der Waals surface area contributed by atoms with E-state index in [-0.39, 0.29) is 5.75 Å². The zero-order valence-corrected chi connectivity index (χ0v) is 34.6. The summed E-state index contributed by atoms with van der Waals surface area (Å²) in [6.07, 6.45) is 26.8. The van der Waals surface area contributed by atoms with Gasteiger partial charge < -0.3 is 0 Å². The SMILES string of the molecule is CCCCCCCCCCCCP(CCCC)(CCCC)(CCCC)OS(=O)(=O)CCC[Si](C)(C)O[Si](C)(C)CCCC. The second kappa shape index (κ2) is 23.1. The molecule has 0 saturated heterocycles. The van der Waals surface area contributed by atoms with E-state index < -0.39 is 33.6 Å². The summed E-state index contributed by atoms with van der Waals surface area (Å²) in [5, 5.41) is 0. The molecule has 262 valence electrons. The molecule has 0 aromatic rings. The Morgan fingerprint density at radius 3 is 1.23 bits per heavy atom. The summed E-state index contributed by atoms with van der Waals surface area (Å²) in [4.78, 5) is 0. The van der Waals surface area contributed by atoms with Gasteiger partial charge in [-0.2, -0.15) is 0 Å². The second-order valence-corrected chi connectivity index (χ2v) is 31.6. The van der Waals surface area contributed by atoms with Crippen molar-refractivity contribution in [1.29, 1.82) is 0 Å². The third-order valence-corrected chi connectivity index (χ3v) is 26.2. The third kappa shape index (κ3) is 20.6. The van der Waals surface area contributed by atoms with Crippen LogP contribution in [0.5, 0.6) is 0 Å². The molecule has 0 atom stereocenters. The zero-order valence-electron chi connectivity index (χ0n) is 30.9. The van der Waals surface area contributed by atoms with Crippen LogP contribution in [0.1, 0.15) is 157 Å². The molecule has 8 heteroatoms. The monoisotopic (exact) mass is 682 g/mol. The fraction of sp³-hybridized carbons (Fsp3) is 1.00. The first-order chi connectivity index (χ1) is 20.2. The molecule has 0 heterocycles. The van der Waals surface area contributed by atoms with Gasteiger partial charge in [-0.05, 0) is 0 Å². The van der Waals surface area contributed by atoms with Crippen LogP contribution in [0.4, 0.5) is 0 Å². The van der Waals surface area contributed by atoms with E-state index in [9.17, 15) is 8.42 Å². The Kier molecular flexibility index (Phi) is 23.5. The van der Waals surface area contributed by atoms with Gasteiger partial charge in [0.2, 0.25) is 0 Å². The topological polar surface area (TPSA) is 52.6 Å². The standard InChI is InChI=1S/C35H79O4PSSi2/c1-10-15-20-21-22-23-24-25-26-27-32-40(29-16-11-2,30-17-12-3,31-18-13-4)38-41(36,37)33-28-35-43(8,9)39-42(6,7)34-19-14-5/h10-35H2,1-9H3. The molecule has 0 aliphatic rings. The van der Waals surface area contributed by atoms with Gasteiger partial charge in [0.25, 0.3) is 0 Å². The van der Waals surface area contributed by atoms with Crippen LogP contribution in [0.3, 0.4) is 0 Å². The molecule has 0 aliphatic heterocycles. The third-order valence-electron chi connectivity index (χ3n) is 9.49. The fourth-order valence-electron chi connectivity index (χ4n) is 6.98. The van der Waals surface area contributed by atoms with E-state index in [2.05, 4.69) is 60.8 Å². The van der Waals surface area contributed by atoms with Crippen LogP contribution in [-0.4, -0.2) is 55.5 Å². The normalized spacial score (nSPS) is 14.2. The molecule has 0 radical (unpaired) electrons. The summed E-state index contributed by atoms with van der Waals surface area (Å²) < 4.78 is 41.5. The summed E-state index contributed by atoms with van der Waals surface area (Å²) in [6.45, 7) is 17.6. The van der Waals surface area contributed by atoms with Crippen molar-refractivity contribution in [1.82, 2.24) is 0 Å². The first-order valence-corrected chi connectivity index (χ1v) is 29.6. The number of unbranched alkanes of at least 4 members (excludes halogenated alkanes) is 13. The average Bonchev–Trinajstić information content (AvgIpc) is 2.93. The molecule has 43 heavy (non-hydrogen) atoms. The van der Waals surface area contributed by atoms with Gasteiger partial charge in [-0.1, -0.05) is 0 Å². The van der Waals surface area contributed by atoms with Gasteiger partial charge in [0.1, 0.15) is 0 Å². The van der Waals surface area contributed by atoms with E-state index in [1.807, 2.05) is 0 Å². The second-order valence-electron chi connectivity index (χ2n) is 15.2. The molecular formula is C35H79O4PSSi2. The van der Waals surface area contributed by atoms with Crippen molar-refractivity contribution in [3.05, 3.63) is 0 Å². The van der Waals surface area contributed by atoms with Crippen molar-refractivity contribution in [3.8, 4) is 0 Å². The van der Waals surface area contributed by atoms with E-state index in [1.165, 1.54) is 76.7 Å². The molecule has 0 N–H and O–H groups in total. The van der Waals surface area contributed by atoms with Crippen molar-refractivity contribution in [3.63, 3.8) is 0 Å². The van der Waals surface area contributed by atoms with E-state index in [0.29, 0.717) is 6.42 Å². The predicted molar refractivity (Wildman–Crippen MR) is 203 cm³/mol. The maximum absolute atomic E-state index is 13.9. The van der Waals surface area contributed by atoms with Crippen molar-refractivity contribution < 1.29 is 16.5 Å². The Hall–Kier alpha value is 0.734. The van der Waals surface area contributed by atoms with Crippen LogP contribution in [0, 0.1) is 0 Å². The zero-order chi connectivity index (χ0) is 32.7. The van der Waals surface area contributed by atoms with Gasteiger partial charge in [0.15, 0.2) is 0 Å². The Labute approximate surface area is 274 Å². The van der Waals surface area contributed by atoms with E-state index in [1.54, 1.807) is 0 Å². The number of hydrogen-bond donors (Lipinski definition) is 0. The van der Waals surface area contributed by atoms with Crippen LogP contribution in [0.25, 0.3) is 0 Å². The van der Waals surface area contributed by atoms with E-state index >= 15 is 0 Å². The van der Waals surface area contributed by atoms with E-state index in [0.717, 1.165) is 75.6 Å². The number of hydrogen-bond acceptors (Lipinski definition) is 4. The van der Waals surface area contributed by atoms with Gasteiger partial charge in [-0.15, -0.1) is 0 Å². The first-order valence-electron chi connectivity index (χ1n) is 18.9. The van der Waals surface area contributed by atoms with Crippen LogP contribution in [-0.2, 0) is 18.2 Å². The van der Waals surface area contributed by atoms with Crippen molar-refractivity contribution >= 4 is 33.6 Å². The maximum atomic E-state index is 13.9. The fourth-order valence-corrected chi connectivity index (χ4v) is 26.5. The van der Waals surface area contributed by atoms with Crippen LogP contribution < -0.4 is 0 Å². The van der Waals surface area contributed by atoms with Crippen molar-refractivity contribution in [2.24, 2.45) is 0 Å². The van der Waals surface area contributed by atoms with Gasteiger partial charge in [0.05, 0.1) is 0 Å². The predicted octanol–water partition coefficient (Wildman–Crippen LogP) is 12.7. The van der Waals surface area contributed by atoms with Gasteiger partial charge in [-0.3, -0.25) is 0 Å².